The van der Waals surface area contributed by atoms with Crippen LogP contribution in [0.3, 0.4) is 0 Å². The highest BCUT2D eigenvalue weighted by Crippen LogP contribution is 2.25. The second-order valence-electron chi connectivity index (χ2n) is 8.59. The van der Waals surface area contributed by atoms with Gasteiger partial charge in [0, 0.05) is 43.5 Å². The molecule has 2 aliphatic rings. The van der Waals surface area contributed by atoms with Gasteiger partial charge in [0.2, 0.25) is 0 Å². The molecule has 0 amide bonds. The lowest BCUT2D eigenvalue weighted by atomic mass is 10.0. The number of benzene rings is 2. The third-order valence-corrected chi connectivity index (χ3v) is 6.40. The SMILES string of the molecule is O[C@H]1CCN(CCn2ncc3cc(N4C=CC(CCc5ccccc5)=CC4)ccc32)C1. The molecule has 1 atom stereocenters. The molecule has 0 bridgehead atoms. The lowest BCUT2D eigenvalue weighted by Crippen LogP contribution is -2.26. The summed E-state index contributed by atoms with van der Waals surface area (Å²) >= 11 is 0. The van der Waals surface area contributed by atoms with E-state index in [1.807, 2.05) is 6.20 Å². The first-order chi connectivity index (χ1) is 15.2. The predicted octanol–water partition coefficient (Wildman–Crippen LogP) is 4.00. The minimum absolute atomic E-state index is 0.164. The Kier molecular flexibility index (Phi) is 5.87. The first-order valence-corrected chi connectivity index (χ1v) is 11.3. The van der Waals surface area contributed by atoms with Crippen molar-refractivity contribution in [2.24, 2.45) is 0 Å². The van der Waals surface area contributed by atoms with Gasteiger partial charge < -0.3 is 10.0 Å². The summed E-state index contributed by atoms with van der Waals surface area (Å²) in [6, 6.07) is 17.3. The van der Waals surface area contributed by atoms with E-state index in [4.69, 9.17) is 0 Å². The third kappa shape index (κ3) is 4.73. The lowest BCUT2D eigenvalue weighted by Gasteiger charge is -2.23. The number of β-amino-alcohol motifs (C(OH)–C–C–N with tert-alkyl or cyclic N) is 1. The van der Waals surface area contributed by atoms with Gasteiger partial charge in [0.15, 0.2) is 0 Å². The molecular formula is C26H30N4O. The van der Waals surface area contributed by atoms with Crippen molar-refractivity contribution < 1.29 is 5.11 Å². The highest BCUT2D eigenvalue weighted by molar-refractivity contribution is 5.83. The zero-order valence-electron chi connectivity index (χ0n) is 17.9. The van der Waals surface area contributed by atoms with Crippen LogP contribution in [0.2, 0.25) is 0 Å². The van der Waals surface area contributed by atoms with Crippen molar-refractivity contribution in [2.45, 2.75) is 31.9 Å². The number of nitrogens with zero attached hydrogens (tertiary/aromatic N) is 4. The fourth-order valence-electron chi connectivity index (χ4n) is 4.52. The topological polar surface area (TPSA) is 44.5 Å². The second-order valence-corrected chi connectivity index (χ2v) is 8.59. The molecular weight excluding hydrogens is 384 g/mol. The Labute approximate surface area is 183 Å². The molecule has 2 aliphatic heterocycles. The van der Waals surface area contributed by atoms with Crippen molar-refractivity contribution in [3.8, 4) is 0 Å². The van der Waals surface area contributed by atoms with E-state index in [1.54, 1.807) is 0 Å². The monoisotopic (exact) mass is 414 g/mol. The number of aromatic nitrogens is 2. The van der Waals surface area contributed by atoms with E-state index in [1.165, 1.54) is 27.7 Å². The number of rotatable bonds is 7. The van der Waals surface area contributed by atoms with E-state index in [-0.39, 0.29) is 6.10 Å². The fraction of sp³-hybridized carbons (Fsp3) is 0.346. The average Bonchev–Trinajstić information content (AvgIpc) is 3.42. The van der Waals surface area contributed by atoms with E-state index in [9.17, 15) is 5.11 Å². The predicted molar refractivity (Wildman–Crippen MR) is 126 cm³/mol. The number of allylic oxidation sites excluding steroid dienone is 2. The van der Waals surface area contributed by atoms with Gasteiger partial charge in [-0.15, -0.1) is 0 Å². The van der Waals surface area contributed by atoms with Gasteiger partial charge in [-0.3, -0.25) is 9.58 Å². The van der Waals surface area contributed by atoms with E-state index in [2.05, 4.69) is 86.5 Å². The third-order valence-electron chi connectivity index (χ3n) is 6.40. The van der Waals surface area contributed by atoms with Crippen molar-refractivity contribution >= 4 is 16.6 Å². The summed E-state index contributed by atoms with van der Waals surface area (Å²) < 4.78 is 2.08. The van der Waals surface area contributed by atoms with Crippen molar-refractivity contribution in [1.29, 1.82) is 0 Å². The van der Waals surface area contributed by atoms with E-state index >= 15 is 0 Å². The molecule has 1 N–H and O–H groups in total. The van der Waals surface area contributed by atoms with Gasteiger partial charge in [-0.1, -0.05) is 36.4 Å². The smallest absolute Gasteiger partial charge is 0.0684 e. The summed E-state index contributed by atoms with van der Waals surface area (Å²) in [5.41, 5.74) is 5.16. The molecule has 5 heteroatoms. The highest BCUT2D eigenvalue weighted by Gasteiger charge is 2.20. The fourth-order valence-corrected chi connectivity index (χ4v) is 4.52. The highest BCUT2D eigenvalue weighted by atomic mass is 16.3. The quantitative estimate of drug-likeness (QED) is 0.635. The molecule has 31 heavy (non-hydrogen) atoms. The van der Waals surface area contributed by atoms with Crippen LogP contribution in [0.1, 0.15) is 18.4 Å². The Bertz CT molecular complexity index is 1090. The number of fused-ring (bicyclic) bond motifs is 1. The van der Waals surface area contributed by atoms with Crippen LogP contribution in [0.4, 0.5) is 5.69 Å². The maximum absolute atomic E-state index is 9.70. The molecule has 5 nitrogen and oxygen atoms in total. The first kappa shape index (κ1) is 20.0. The number of anilines is 1. The summed E-state index contributed by atoms with van der Waals surface area (Å²) in [7, 11) is 0. The molecule has 1 fully saturated rings. The second kappa shape index (κ2) is 9.08. The molecule has 0 aliphatic carbocycles. The summed E-state index contributed by atoms with van der Waals surface area (Å²) in [5.74, 6) is 0. The molecule has 0 radical (unpaired) electrons. The van der Waals surface area contributed by atoms with Crippen LogP contribution in [-0.4, -0.2) is 52.1 Å². The molecule has 1 aromatic heterocycles. The van der Waals surface area contributed by atoms with Crippen LogP contribution < -0.4 is 4.90 Å². The van der Waals surface area contributed by atoms with Gasteiger partial charge in [0.1, 0.15) is 0 Å². The Morgan fingerprint density at radius 3 is 2.71 bits per heavy atom. The van der Waals surface area contributed by atoms with E-state index < -0.39 is 0 Å². The molecule has 160 valence electrons. The summed E-state index contributed by atoms with van der Waals surface area (Å²) in [6.07, 6.45) is 11.6. The van der Waals surface area contributed by atoms with Crippen LogP contribution in [0.25, 0.3) is 10.9 Å². The Morgan fingerprint density at radius 1 is 1.03 bits per heavy atom. The van der Waals surface area contributed by atoms with Crippen LogP contribution >= 0.6 is 0 Å². The normalized spacial score (nSPS) is 19.3. The lowest BCUT2D eigenvalue weighted by molar-refractivity contribution is 0.175. The van der Waals surface area contributed by atoms with Crippen LogP contribution in [-0.2, 0) is 13.0 Å². The Morgan fingerprint density at radius 2 is 1.94 bits per heavy atom. The average molecular weight is 415 g/mol. The minimum atomic E-state index is -0.164. The summed E-state index contributed by atoms with van der Waals surface area (Å²) in [5, 5.41) is 15.5. The number of aryl methyl sites for hydroxylation is 1. The van der Waals surface area contributed by atoms with Gasteiger partial charge >= 0.3 is 0 Å². The molecule has 2 aromatic carbocycles. The van der Waals surface area contributed by atoms with Crippen molar-refractivity contribution in [2.75, 3.05) is 31.1 Å². The largest absolute Gasteiger partial charge is 0.392 e. The van der Waals surface area contributed by atoms with E-state index in [0.29, 0.717) is 0 Å². The molecule has 0 spiro atoms. The van der Waals surface area contributed by atoms with Crippen molar-refractivity contribution in [1.82, 2.24) is 14.7 Å². The standard InChI is InChI=1S/C26H30N4O/c31-25-12-13-28(20-25)16-17-30-26-9-8-24(18-23(26)19-27-30)29-14-10-22(11-15-29)7-6-21-4-2-1-3-5-21/h1-5,8-11,14,18-19,25,31H,6-7,12-13,15-17,20H2/t25-/m0/s1. The number of hydrogen-bond acceptors (Lipinski definition) is 4. The Hall–Kier alpha value is -2.89. The van der Waals surface area contributed by atoms with Gasteiger partial charge in [-0.05, 0) is 54.7 Å². The first-order valence-electron chi connectivity index (χ1n) is 11.3. The molecule has 5 rings (SSSR count). The molecule has 0 saturated carbocycles. The zero-order valence-corrected chi connectivity index (χ0v) is 17.9. The maximum Gasteiger partial charge on any atom is 0.0684 e. The van der Waals surface area contributed by atoms with Crippen LogP contribution in [0, 0.1) is 0 Å². The maximum atomic E-state index is 9.70. The Balaban J connectivity index is 1.19. The zero-order chi connectivity index (χ0) is 21.0. The van der Waals surface area contributed by atoms with Crippen molar-refractivity contribution in [3.05, 3.63) is 84.2 Å². The molecule has 0 unspecified atom stereocenters. The number of likely N-dealkylation sites (tertiary alicyclic amines) is 1. The summed E-state index contributed by atoms with van der Waals surface area (Å²) in [4.78, 5) is 4.60. The summed E-state index contributed by atoms with van der Waals surface area (Å²) in [6.45, 7) is 4.45. The molecule has 1 saturated heterocycles. The molecule has 3 aromatic rings. The van der Waals surface area contributed by atoms with Gasteiger partial charge in [-0.2, -0.15) is 5.10 Å². The van der Waals surface area contributed by atoms with Gasteiger partial charge in [-0.25, -0.2) is 0 Å². The van der Waals surface area contributed by atoms with Gasteiger partial charge in [0.05, 0.1) is 24.4 Å². The van der Waals surface area contributed by atoms with Crippen molar-refractivity contribution in [3.63, 3.8) is 0 Å². The number of hydrogen-bond donors (Lipinski definition) is 1. The van der Waals surface area contributed by atoms with Gasteiger partial charge in [0.25, 0.3) is 0 Å². The number of aliphatic hydroxyl groups excluding tert-OH is 1. The molecule has 3 heterocycles. The van der Waals surface area contributed by atoms with Crippen LogP contribution in [0.5, 0.6) is 0 Å². The minimum Gasteiger partial charge on any atom is -0.392 e. The number of aliphatic hydroxyl groups is 1. The van der Waals surface area contributed by atoms with E-state index in [0.717, 1.165) is 52.0 Å². The van der Waals surface area contributed by atoms with Crippen LogP contribution in [0.15, 0.2) is 78.7 Å².